The molecule has 3 aromatic carbocycles. The Balaban J connectivity index is 1.13. The number of para-hydroxylation sites is 2. The van der Waals surface area contributed by atoms with Crippen molar-refractivity contribution in [1.82, 2.24) is 29.7 Å². The number of aliphatic carboxylic acids is 1. The number of methoxy groups -OCH3 is 1. The molecule has 4 heterocycles. The highest BCUT2D eigenvalue weighted by atomic mass is 35.5. The van der Waals surface area contributed by atoms with Crippen LogP contribution in [0.2, 0.25) is 5.02 Å². The van der Waals surface area contributed by atoms with Crippen molar-refractivity contribution in [3.05, 3.63) is 106 Å². The Hall–Kier alpha value is -5.78. The predicted molar refractivity (Wildman–Crippen MR) is 228 cm³/mol. The lowest BCUT2D eigenvalue weighted by Gasteiger charge is -2.32. The predicted octanol–water partition coefficient (Wildman–Crippen LogP) is 7.47. The molecule has 0 aliphatic carbocycles. The summed E-state index contributed by atoms with van der Waals surface area (Å²) in [5, 5.41) is 15.0. The molecule has 12 nitrogen and oxygen atoms in total. The van der Waals surface area contributed by atoms with Gasteiger partial charge in [-0.3, -0.25) is 4.90 Å². The first-order chi connectivity index (χ1) is 28.2. The van der Waals surface area contributed by atoms with E-state index in [1.807, 2.05) is 67.6 Å². The number of carboxylic acids is 1. The van der Waals surface area contributed by atoms with Crippen molar-refractivity contribution >= 4 is 44.9 Å². The van der Waals surface area contributed by atoms with Gasteiger partial charge in [-0.2, -0.15) is 0 Å². The van der Waals surface area contributed by atoms with E-state index >= 15 is 0 Å². The third-order valence-electron chi connectivity index (χ3n) is 10.1. The fraction of sp³-hybridized carbons (Fsp3) is 0.295. The van der Waals surface area contributed by atoms with E-state index in [1.54, 1.807) is 26.3 Å². The number of benzene rings is 3. The topological polar surface area (TPSA) is 135 Å². The van der Waals surface area contributed by atoms with Gasteiger partial charge in [0, 0.05) is 50.9 Å². The summed E-state index contributed by atoms with van der Waals surface area (Å²) in [7, 11) is 3.75. The first kappa shape index (κ1) is 40.4. The van der Waals surface area contributed by atoms with Gasteiger partial charge in [0.1, 0.15) is 53.5 Å². The first-order valence-electron chi connectivity index (χ1n) is 18.9. The zero-order valence-corrected chi connectivity index (χ0v) is 34.4. The Kier molecular flexibility index (Phi) is 13.0. The third kappa shape index (κ3) is 9.16. The second-order valence-electron chi connectivity index (χ2n) is 13.8. The van der Waals surface area contributed by atoms with Crippen LogP contribution in [0, 0.1) is 18.8 Å². The van der Waals surface area contributed by atoms with Crippen LogP contribution in [0.3, 0.4) is 0 Å². The molecule has 0 saturated carbocycles. The van der Waals surface area contributed by atoms with Crippen LogP contribution in [0.4, 0.5) is 5.82 Å². The molecule has 3 aromatic heterocycles. The highest BCUT2D eigenvalue weighted by molar-refractivity contribution is 7.19. The average molecular weight is 818 g/mol. The molecule has 0 unspecified atom stereocenters. The number of rotatable bonds is 15. The van der Waals surface area contributed by atoms with Crippen LogP contribution in [0.25, 0.3) is 32.7 Å². The number of aromatic nitrogens is 4. The number of hydrogen-bond donors (Lipinski definition) is 2. The van der Waals surface area contributed by atoms with E-state index in [4.69, 9.17) is 30.8 Å². The molecule has 2 N–H and O–H groups in total. The van der Waals surface area contributed by atoms with E-state index in [0.717, 1.165) is 59.9 Å². The Morgan fingerprint density at radius 1 is 0.966 bits per heavy atom. The van der Waals surface area contributed by atoms with Crippen LogP contribution < -0.4 is 19.5 Å². The van der Waals surface area contributed by atoms with Gasteiger partial charge in [0.2, 0.25) is 0 Å². The third-order valence-corrected chi connectivity index (χ3v) is 11.5. The van der Waals surface area contributed by atoms with Gasteiger partial charge in [0.05, 0.1) is 33.7 Å². The van der Waals surface area contributed by atoms with E-state index in [1.165, 1.54) is 17.7 Å². The van der Waals surface area contributed by atoms with E-state index in [-0.39, 0.29) is 13.0 Å². The molecule has 298 valence electrons. The molecule has 1 fully saturated rings. The van der Waals surface area contributed by atoms with Crippen molar-refractivity contribution < 1.29 is 24.1 Å². The molecule has 0 bridgehead atoms. The second-order valence-corrected chi connectivity index (χ2v) is 15.2. The monoisotopic (exact) mass is 817 g/mol. The quantitative estimate of drug-likeness (QED) is 0.0996. The summed E-state index contributed by atoms with van der Waals surface area (Å²) >= 11 is 8.41. The van der Waals surface area contributed by atoms with Gasteiger partial charge in [-0.25, -0.2) is 24.7 Å². The van der Waals surface area contributed by atoms with Crippen LogP contribution in [-0.2, 0) is 17.8 Å². The standard InChI is InChI=1S/C44H44ClN7O5S/c1-5-10-37-38(31-15-16-36(40(45)28(31)2)56-24-23-52-21-19-51(3)20-22-52)39-42(47-27-48-43(39)58-37)50-33(44(53)54)25-29-11-6-8-13-34(29)57-26-30-17-18-46-41(49-30)32-12-7-9-14-35(32)55-4/h6-9,11-18,27,33H,19-26H2,1-4H3,(H,53,54)(H,47,48,50)/t33-/m1/s1. The summed E-state index contributed by atoms with van der Waals surface area (Å²) in [6.07, 6.45) is 3.21. The number of likely N-dealkylation sites (N-methyl/N-ethyl adjacent to an activating group) is 1. The fourth-order valence-corrected chi connectivity index (χ4v) is 8.17. The highest BCUT2D eigenvalue weighted by Gasteiger charge is 2.26. The minimum absolute atomic E-state index is 0.0966. The number of fused-ring (bicyclic) bond motifs is 1. The number of thiophene rings is 1. The molecule has 0 radical (unpaired) electrons. The summed E-state index contributed by atoms with van der Waals surface area (Å²) in [4.78, 5) is 37.4. The van der Waals surface area contributed by atoms with E-state index in [0.29, 0.717) is 62.0 Å². The number of nitrogens with one attached hydrogen (secondary N) is 1. The lowest BCUT2D eigenvalue weighted by Crippen LogP contribution is -2.45. The van der Waals surface area contributed by atoms with Crippen molar-refractivity contribution in [2.75, 3.05) is 58.8 Å². The lowest BCUT2D eigenvalue weighted by atomic mass is 9.97. The van der Waals surface area contributed by atoms with Gasteiger partial charge in [0.15, 0.2) is 5.82 Å². The zero-order valence-electron chi connectivity index (χ0n) is 32.8. The minimum atomic E-state index is -1.08. The summed E-state index contributed by atoms with van der Waals surface area (Å²) < 4.78 is 18.0. The molecule has 1 saturated heterocycles. The van der Waals surface area contributed by atoms with Crippen LogP contribution in [0.15, 0.2) is 79.3 Å². The normalized spacial score (nSPS) is 13.7. The van der Waals surface area contributed by atoms with Gasteiger partial charge in [-0.05, 0) is 67.9 Å². The van der Waals surface area contributed by atoms with Crippen LogP contribution in [0.1, 0.15) is 28.6 Å². The molecule has 1 atom stereocenters. The highest BCUT2D eigenvalue weighted by Crippen LogP contribution is 2.45. The second kappa shape index (κ2) is 18.7. The molecule has 6 aromatic rings. The molecule has 0 spiro atoms. The zero-order chi connectivity index (χ0) is 40.6. The molecule has 7 rings (SSSR count). The van der Waals surface area contributed by atoms with E-state index in [9.17, 15) is 9.90 Å². The number of anilines is 1. The maximum absolute atomic E-state index is 12.9. The van der Waals surface area contributed by atoms with Gasteiger partial charge >= 0.3 is 5.97 Å². The van der Waals surface area contributed by atoms with Crippen molar-refractivity contribution in [3.63, 3.8) is 0 Å². The molecular formula is C44H44ClN7O5S. The number of nitrogens with zero attached hydrogens (tertiary/aromatic N) is 6. The number of halogens is 1. The largest absolute Gasteiger partial charge is 0.496 e. The molecule has 1 aliphatic heterocycles. The molecule has 58 heavy (non-hydrogen) atoms. The maximum Gasteiger partial charge on any atom is 0.326 e. The summed E-state index contributed by atoms with van der Waals surface area (Å²) in [5.74, 6) is 7.90. The number of carbonyl (C=O) groups is 1. The number of ether oxygens (including phenoxy) is 3. The molecule has 1 aliphatic rings. The SMILES string of the molecule is CC#Cc1sc2ncnc(N[C@H](Cc3ccccc3OCc3ccnc(-c4ccccc4OC)n3)C(=O)O)c2c1-c1ccc(OCCN2CCN(C)CC2)c(Cl)c1C. The summed E-state index contributed by atoms with van der Waals surface area (Å²) in [6, 6.07) is 19.5. The Morgan fingerprint density at radius 3 is 2.52 bits per heavy atom. The average Bonchev–Trinajstić information content (AvgIpc) is 3.61. The van der Waals surface area contributed by atoms with Gasteiger partial charge in [-0.1, -0.05) is 53.9 Å². The fourth-order valence-electron chi connectivity index (χ4n) is 6.89. The minimum Gasteiger partial charge on any atom is -0.496 e. The van der Waals surface area contributed by atoms with Crippen LogP contribution >= 0.6 is 22.9 Å². The Bertz CT molecular complexity index is 2480. The Labute approximate surface area is 346 Å². The smallest absolute Gasteiger partial charge is 0.326 e. The number of carboxylic acid groups (broad SMARTS) is 1. The van der Waals surface area contributed by atoms with Crippen molar-refractivity contribution in [2.24, 2.45) is 0 Å². The summed E-state index contributed by atoms with van der Waals surface area (Å²) in [6.45, 7) is 9.31. The van der Waals surface area contributed by atoms with Crippen molar-refractivity contribution in [1.29, 1.82) is 0 Å². The van der Waals surface area contributed by atoms with Crippen molar-refractivity contribution in [3.8, 4) is 51.6 Å². The molecular weight excluding hydrogens is 774 g/mol. The Morgan fingerprint density at radius 2 is 1.74 bits per heavy atom. The van der Waals surface area contributed by atoms with Crippen molar-refractivity contribution in [2.45, 2.75) is 32.9 Å². The van der Waals surface area contributed by atoms with E-state index in [2.05, 4.69) is 49.0 Å². The maximum atomic E-state index is 12.9. The summed E-state index contributed by atoms with van der Waals surface area (Å²) in [5.41, 5.74) is 4.54. The van der Waals surface area contributed by atoms with E-state index < -0.39 is 12.0 Å². The number of hydrogen-bond acceptors (Lipinski definition) is 12. The number of piperazine rings is 1. The first-order valence-corrected chi connectivity index (χ1v) is 20.1. The van der Waals surface area contributed by atoms with Crippen LogP contribution in [-0.4, -0.2) is 100 Å². The molecule has 14 heteroatoms. The van der Waals surface area contributed by atoms with Gasteiger partial charge < -0.3 is 29.5 Å². The molecule has 0 amide bonds. The lowest BCUT2D eigenvalue weighted by molar-refractivity contribution is -0.137. The van der Waals surface area contributed by atoms with Crippen LogP contribution in [0.5, 0.6) is 17.2 Å². The van der Waals surface area contributed by atoms with Gasteiger partial charge in [-0.15, -0.1) is 17.3 Å². The van der Waals surface area contributed by atoms with Gasteiger partial charge in [0.25, 0.3) is 0 Å².